The van der Waals surface area contributed by atoms with Gasteiger partial charge in [-0.3, -0.25) is 0 Å². The smallest absolute Gasteiger partial charge is 0.229 e. The molecule has 0 aliphatic heterocycles. The zero-order valence-corrected chi connectivity index (χ0v) is 7.41. The van der Waals surface area contributed by atoms with Crippen molar-refractivity contribution in [2.24, 2.45) is 0 Å². The van der Waals surface area contributed by atoms with Gasteiger partial charge in [0.2, 0.25) is 17.5 Å². The number of nitrogen functional groups attached to an aromatic ring is 1. The molecule has 0 unspecified atom stereocenters. The van der Waals surface area contributed by atoms with E-state index in [-0.39, 0.29) is 11.6 Å². The van der Waals surface area contributed by atoms with Crippen LogP contribution >= 0.6 is 0 Å². The lowest BCUT2D eigenvalue weighted by Crippen LogP contribution is -1.97. The quantitative estimate of drug-likeness (QED) is 0.691. The Balaban J connectivity index is 2.54. The van der Waals surface area contributed by atoms with Gasteiger partial charge in [0.15, 0.2) is 0 Å². The molecule has 0 saturated carbocycles. The number of anilines is 1. The largest absolute Gasteiger partial charge is 0.424 e. The minimum Gasteiger partial charge on any atom is -0.424 e. The average Bonchev–Trinajstić information content (AvgIpc) is 2.47. The molecule has 0 aromatic carbocycles. The number of nitriles is 1. The molecule has 0 amide bonds. The van der Waals surface area contributed by atoms with Crippen LogP contribution in [0.15, 0.2) is 4.42 Å². The third-order valence-electron chi connectivity index (χ3n) is 1.47. The van der Waals surface area contributed by atoms with Crippen molar-refractivity contribution >= 4 is 5.88 Å². The van der Waals surface area contributed by atoms with Crippen molar-refractivity contribution in [3.63, 3.8) is 0 Å². The van der Waals surface area contributed by atoms with Crippen LogP contribution in [-0.2, 0) is 11.2 Å². The van der Waals surface area contributed by atoms with E-state index in [1.54, 1.807) is 0 Å². The highest BCUT2D eigenvalue weighted by Gasteiger charge is 2.08. The fourth-order valence-corrected chi connectivity index (χ4v) is 0.869. The van der Waals surface area contributed by atoms with Gasteiger partial charge in [0.1, 0.15) is 6.07 Å². The van der Waals surface area contributed by atoms with Crippen molar-refractivity contribution < 1.29 is 9.15 Å². The van der Waals surface area contributed by atoms with Gasteiger partial charge < -0.3 is 14.9 Å². The van der Waals surface area contributed by atoms with Gasteiger partial charge in [-0.25, -0.2) is 4.98 Å². The first-order valence-electron chi connectivity index (χ1n) is 4.01. The zero-order valence-electron chi connectivity index (χ0n) is 7.41. The summed E-state index contributed by atoms with van der Waals surface area (Å²) in [5.41, 5.74) is 5.51. The van der Waals surface area contributed by atoms with E-state index in [0.29, 0.717) is 25.5 Å². The van der Waals surface area contributed by atoms with Gasteiger partial charge in [-0.05, 0) is 6.92 Å². The predicted octanol–water partition coefficient (Wildman–Crippen LogP) is 0.707. The number of hydrogen-bond donors (Lipinski definition) is 1. The summed E-state index contributed by atoms with van der Waals surface area (Å²) in [6.45, 7) is 3.09. The number of nitrogens with zero attached hydrogens (tertiary/aromatic N) is 2. The fraction of sp³-hybridized carbons (Fsp3) is 0.500. The predicted molar refractivity (Wildman–Crippen MR) is 45.8 cm³/mol. The molecule has 1 aromatic rings. The van der Waals surface area contributed by atoms with Gasteiger partial charge in [-0.2, -0.15) is 5.26 Å². The van der Waals surface area contributed by atoms with Crippen LogP contribution in [0.2, 0.25) is 0 Å². The van der Waals surface area contributed by atoms with Crippen molar-refractivity contribution in [2.45, 2.75) is 13.3 Å². The maximum Gasteiger partial charge on any atom is 0.229 e. The molecule has 0 aliphatic rings. The minimum absolute atomic E-state index is 0.0778. The summed E-state index contributed by atoms with van der Waals surface area (Å²) >= 11 is 0. The van der Waals surface area contributed by atoms with Gasteiger partial charge in [0.25, 0.3) is 0 Å². The van der Waals surface area contributed by atoms with Crippen molar-refractivity contribution in [3.05, 3.63) is 11.6 Å². The highest BCUT2D eigenvalue weighted by Crippen LogP contribution is 2.12. The Bertz CT molecular complexity index is 314. The number of hydrogen-bond acceptors (Lipinski definition) is 5. The molecule has 5 nitrogen and oxygen atoms in total. The highest BCUT2D eigenvalue weighted by molar-refractivity contribution is 5.40. The van der Waals surface area contributed by atoms with E-state index < -0.39 is 0 Å². The third kappa shape index (κ3) is 2.46. The lowest BCUT2D eigenvalue weighted by molar-refractivity contribution is 0.146. The molecule has 5 heteroatoms. The van der Waals surface area contributed by atoms with Crippen LogP contribution in [0.5, 0.6) is 0 Å². The van der Waals surface area contributed by atoms with E-state index in [4.69, 9.17) is 20.1 Å². The summed E-state index contributed by atoms with van der Waals surface area (Å²) in [5, 5.41) is 8.52. The standard InChI is InChI=1S/C8H11N3O2/c1-2-12-4-3-7-11-6(5-9)8(10)13-7/h2-4,10H2,1H3. The summed E-state index contributed by atoms with van der Waals surface area (Å²) in [4.78, 5) is 3.87. The first kappa shape index (κ1) is 9.55. The second-order valence-corrected chi connectivity index (χ2v) is 2.38. The van der Waals surface area contributed by atoms with Gasteiger partial charge in [0.05, 0.1) is 6.61 Å². The van der Waals surface area contributed by atoms with Crippen molar-refractivity contribution in [3.8, 4) is 6.07 Å². The van der Waals surface area contributed by atoms with E-state index in [2.05, 4.69) is 4.98 Å². The first-order valence-corrected chi connectivity index (χ1v) is 4.01. The SMILES string of the molecule is CCOCCc1nc(C#N)c(N)o1. The normalized spacial score (nSPS) is 9.85. The summed E-state index contributed by atoms with van der Waals surface area (Å²) in [7, 11) is 0. The van der Waals surface area contributed by atoms with Crippen LogP contribution in [0.4, 0.5) is 5.88 Å². The fourth-order valence-electron chi connectivity index (χ4n) is 0.869. The van der Waals surface area contributed by atoms with Crippen molar-refractivity contribution in [1.82, 2.24) is 4.98 Å². The van der Waals surface area contributed by atoms with Crippen molar-refractivity contribution in [2.75, 3.05) is 18.9 Å². The molecule has 0 fully saturated rings. The van der Waals surface area contributed by atoms with E-state index >= 15 is 0 Å². The van der Waals surface area contributed by atoms with Crippen LogP contribution in [0, 0.1) is 11.3 Å². The molecule has 0 bridgehead atoms. The second kappa shape index (κ2) is 4.48. The molecular formula is C8H11N3O2. The van der Waals surface area contributed by atoms with E-state index in [9.17, 15) is 0 Å². The number of aromatic nitrogens is 1. The Morgan fingerprint density at radius 2 is 2.46 bits per heavy atom. The molecule has 1 rings (SSSR count). The lowest BCUT2D eigenvalue weighted by Gasteiger charge is -1.95. The van der Waals surface area contributed by atoms with E-state index in [0.717, 1.165) is 0 Å². The van der Waals surface area contributed by atoms with Gasteiger partial charge in [0, 0.05) is 13.0 Å². The molecular weight excluding hydrogens is 170 g/mol. The van der Waals surface area contributed by atoms with E-state index in [1.165, 1.54) is 0 Å². The summed E-state index contributed by atoms with van der Waals surface area (Å²) in [6.07, 6.45) is 0.541. The van der Waals surface area contributed by atoms with E-state index in [1.807, 2.05) is 13.0 Å². The van der Waals surface area contributed by atoms with Gasteiger partial charge in [-0.15, -0.1) is 0 Å². The molecule has 0 saturated heterocycles. The zero-order chi connectivity index (χ0) is 9.68. The number of rotatable bonds is 4. The highest BCUT2D eigenvalue weighted by atomic mass is 16.5. The Morgan fingerprint density at radius 1 is 1.69 bits per heavy atom. The van der Waals surface area contributed by atoms with Crippen LogP contribution in [0.3, 0.4) is 0 Å². The second-order valence-electron chi connectivity index (χ2n) is 2.38. The van der Waals surface area contributed by atoms with Crippen LogP contribution in [-0.4, -0.2) is 18.2 Å². The maximum absolute atomic E-state index is 8.52. The summed E-state index contributed by atoms with van der Waals surface area (Å²) in [5.74, 6) is 0.525. The summed E-state index contributed by atoms with van der Waals surface area (Å²) < 4.78 is 10.1. The van der Waals surface area contributed by atoms with Crippen LogP contribution < -0.4 is 5.73 Å². The Labute approximate surface area is 76.1 Å². The van der Waals surface area contributed by atoms with Crippen LogP contribution in [0.1, 0.15) is 18.5 Å². The number of ether oxygens (including phenoxy) is 1. The van der Waals surface area contributed by atoms with Crippen LogP contribution in [0.25, 0.3) is 0 Å². The molecule has 0 radical (unpaired) electrons. The van der Waals surface area contributed by atoms with Gasteiger partial charge in [-0.1, -0.05) is 0 Å². The third-order valence-corrected chi connectivity index (χ3v) is 1.47. The average molecular weight is 181 g/mol. The Morgan fingerprint density at radius 3 is 3.00 bits per heavy atom. The minimum atomic E-state index is 0.0778. The lowest BCUT2D eigenvalue weighted by atomic mass is 10.4. The number of oxazole rings is 1. The Hall–Kier alpha value is -1.54. The topological polar surface area (TPSA) is 85.1 Å². The van der Waals surface area contributed by atoms with Gasteiger partial charge >= 0.3 is 0 Å². The molecule has 1 heterocycles. The molecule has 13 heavy (non-hydrogen) atoms. The molecule has 2 N–H and O–H groups in total. The first-order chi connectivity index (χ1) is 6.27. The molecule has 1 aromatic heterocycles. The number of nitrogens with two attached hydrogens (primary N) is 1. The monoisotopic (exact) mass is 181 g/mol. The summed E-state index contributed by atoms with van der Waals surface area (Å²) in [6, 6.07) is 1.84. The molecule has 70 valence electrons. The maximum atomic E-state index is 8.52. The van der Waals surface area contributed by atoms with Crippen molar-refractivity contribution in [1.29, 1.82) is 5.26 Å². The molecule has 0 spiro atoms. The molecule has 0 atom stereocenters. The molecule has 0 aliphatic carbocycles. The Kier molecular flexibility index (Phi) is 3.29.